The van der Waals surface area contributed by atoms with E-state index in [-0.39, 0.29) is 36.9 Å². The number of pyridine rings is 1. The number of hydrogen-bond acceptors (Lipinski definition) is 4. The summed E-state index contributed by atoms with van der Waals surface area (Å²) in [6.45, 7) is 1.08. The molecule has 1 unspecified atom stereocenters. The number of ether oxygens (including phenoxy) is 1. The molecule has 3 aromatic rings. The van der Waals surface area contributed by atoms with Crippen molar-refractivity contribution < 1.29 is 36.6 Å². The van der Waals surface area contributed by atoms with E-state index in [1.807, 2.05) is 4.90 Å². The molecule has 1 fully saturated rings. The average Bonchev–Trinajstić information content (AvgIpc) is 2.90. The van der Waals surface area contributed by atoms with Gasteiger partial charge in [-0.15, -0.1) is 0 Å². The Kier molecular flexibility index (Phi) is 8.70. The first-order valence-electron chi connectivity index (χ1n) is 12.4. The molecule has 39 heavy (non-hydrogen) atoms. The third-order valence-electron chi connectivity index (χ3n) is 7.27. The quantitative estimate of drug-likeness (QED) is 0.207. The molecule has 0 bridgehead atoms. The van der Waals surface area contributed by atoms with Gasteiger partial charge >= 0.3 is 5.97 Å². The highest BCUT2D eigenvalue weighted by atomic mass is 19.2. The molecule has 5 nitrogen and oxygen atoms in total. The fourth-order valence-electron chi connectivity index (χ4n) is 5.11. The van der Waals surface area contributed by atoms with Gasteiger partial charge in [-0.2, -0.15) is 0 Å². The van der Waals surface area contributed by atoms with Crippen molar-refractivity contribution in [3.05, 3.63) is 70.9 Å². The molecule has 1 N–H and O–H groups in total. The fourth-order valence-corrected chi connectivity index (χ4v) is 5.11. The normalized spacial score (nSPS) is 15.9. The Morgan fingerprint density at radius 1 is 1.15 bits per heavy atom. The van der Waals surface area contributed by atoms with Gasteiger partial charge in [0.15, 0.2) is 11.6 Å². The van der Waals surface area contributed by atoms with Crippen molar-refractivity contribution in [3.8, 4) is 17.6 Å². The maximum absolute atomic E-state index is 15.5. The summed E-state index contributed by atoms with van der Waals surface area (Å²) >= 11 is 0. The summed E-state index contributed by atoms with van der Waals surface area (Å²) in [7, 11) is 1.45. The second-order valence-electron chi connectivity index (χ2n) is 9.81. The number of alkyl halides is 1. The average molecular weight is 547 g/mol. The van der Waals surface area contributed by atoms with E-state index in [9.17, 15) is 27.5 Å². The summed E-state index contributed by atoms with van der Waals surface area (Å²) in [5, 5.41) is 9.85. The maximum Gasteiger partial charge on any atom is 0.303 e. The predicted octanol–water partition coefficient (Wildman–Crippen LogP) is 6.20. The van der Waals surface area contributed by atoms with Crippen LogP contribution in [-0.4, -0.2) is 47.7 Å². The predicted molar refractivity (Wildman–Crippen MR) is 135 cm³/mol. The van der Waals surface area contributed by atoms with Crippen LogP contribution in [0, 0.1) is 40.5 Å². The molecule has 1 aliphatic heterocycles. The van der Waals surface area contributed by atoms with Gasteiger partial charge in [-0.05, 0) is 68.5 Å². The molecule has 0 spiro atoms. The topological polar surface area (TPSA) is 62.7 Å². The van der Waals surface area contributed by atoms with Crippen LogP contribution < -0.4 is 4.74 Å². The van der Waals surface area contributed by atoms with Crippen molar-refractivity contribution >= 4 is 16.9 Å². The Bertz CT molecular complexity index is 1430. The number of aliphatic carboxylic acids is 1. The van der Waals surface area contributed by atoms with E-state index in [1.165, 1.54) is 13.2 Å². The van der Waals surface area contributed by atoms with Gasteiger partial charge in [0, 0.05) is 17.0 Å². The third kappa shape index (κ3) is 6.66. The zero-order valence-electron chi connectivity index (χ0n) is 21.2. The monoisotopic (exact) mass is 546 g/mol. The molecule has 1 atom stereocenters. The summed E-state index contributed by atoms with van der Waals surface area (Å²) < 4.78 is 76.0. The molecule has 0 amide bonds. The molecular weight excluding hydrogens is 519 g/mol. The van der Waals surface area contributed by atoms with Crippen LogP contribution in [0.2, 0.25) is 0 Å². The molecular formula is C29H27F5N2O3. The minimum atomic E-state index is -1.68. The van der Waals surface area contributed by atoms with Crippen LogP contribution >= 0.6 is 0 Å². The Morgan fingerprint density at radius 3 is 2.59 bits per heavy atom. The lowest BCUT2D eigenvalue weighted by Gasteiger charge is -2.41. The summed E-state index contributed by atoms with van der Waals surface area (Å²) in [6.07, 6.45) is 0.145. The summed E-state index contributed by atoms with van der Waals surface area (Å²) in [4.78, 5) is 17.6. The number of carboxylic acids is 1. The number of hydrogen-bond donors (Lipinski definition) is 1. The van der Waals surface area contributed by atoms with Crippen molar-refractivity contribution in [2.24, 2.45) is 5.41 Å². The Hall–Kier alpha value is -3.71. The first kappa shape index (κ1) is 28.3. The van der Waals surface area contributed by atoms with Gasteiger partial charge < -0.3 is 9.84 Å². The number of carboxylic acid groups (broad SMARTS) is 1. The van der Waals surface area contributed by atoms with Crippen molar-refractivity contribution in [2.75, 3.05) is 26.7 Å². The van der Waals surface area contributed by atoms with Crippen LogP contribution in [0.5, 0.6) is 5.75 Å². The van der Waals surface area contributed by atoms with E-state index in [0.717, 1.165) is 12.3 Å². The number of nitrogens with zero attached hydrogens (tertiary/aromatic N) is 2. The number of likely N-dealkylation sites (tertiary alicyclic amines) is 1. The first-order valence-corrected chi connectivity index (χ1v) is 12.4. The van der Waals surface area contributed by atoms with Crippen molar-refractivity contribution in [1.29, 1.82) is 0 Å². The first-order chi connectivity index (χ1) is 18.6. The summed E-state index contributed by atoms with van der Waals surface area (Å²) in [5.74, 6) is 0.328. The van der Waals surface area contributed by atoms with E-state index < -0.39 is 40.8 Å². The number of fused-ring (bicyclic) bond motifs is 1. The number of aromatic nitrogens is 1. The van der Waals surface area contributed by atoms with Gasteiger partial charge in [-0.25, -0.2) is 22.0 Å². The van der Waals surface area contributed by atoms with E-state index >= 15 is 4.39 Å². The number of rotatable bonds is 8. The minimum absolute atomic E-state index is 0.0786. The van der Waals surface area contributed by atoms with Gasteiger partial charge in [0.05, 0.1) is 37.4 Å². The third-order valence-corrected chi connectivity index (χ3v) is 7.27. The standard InChI is InChI=1S/C29H27F5N2O3/c1-39-20-4-5-25-21(15-20)27(24(33)17-35-25)22(31)6-7-29(16-26(37)38)8-11-36(12-9-29)10-2-3-18-13-19(30)14-23(32)28(18)34/h4-5,13-15,17,22H,6-12,16H2,1H3,(H,37,38). The Morgan fingerprint density at radius 2 is 1.90 bits per heavy atom. The van der Waals surface area contributed by atoms with Crippen LogP contribution in [0.15, 0.2) is 36.5 Å². The smallest absolute Gasteiger partial charge is 0.303 e. The molecule has 0 saturated carbocycles. The van der Waals surface area contributed by atoms with Crippen molar-refractivity contribution in [3.63, 3.8) is 0 Å². The van der Waals surface area contributed by atoms with E-state index in [1.54, 1.807) is 12.1 Å². The lowest BCUT2D eigenvalue weighted by molar-refractivity contribution is -0.141. The summed E-state index contributed by atoms with van der Waals surface area (Å²) in [6, 6.07) is 6.06. The lowest BCUT2D eigenvalue weighted by atomic mass is 9.71. The molecule has 2 aromatic carbocycles. The highest BCUT2D eigenvalue weighted by molar-refractivity contribution is 5.84. The Labute approximate surface area is 222 Å². The highest BCUT2D eigenvalue weighted by Crippen LogP contribution is 2.43. The fraction of sp³-hybridized carbons (Fsp3) is 0.379. The molecule has 4 rings (SSSR count). The zero-order valence-corrected chi connectivity index (χ0v) is 21.2. The largest absolute Gasteiger partial charge is 0.497 e. The van der Waals surface area contributed by atoms with Crippen molar-refractivity contribution in [1.82, 2.24) is 9.88 Å². The van der Waals surface area contributed by atoms with Gasteiger partial charge in [-0.3, -0.25) is 14.7 Å². The molecule has 1 aliphatic rings. The van der Waals surface area contributed by atoms with Crippen LogP contribution in [0.1, 0.15) is 49.4 Å². The van der Waals surface area contributed by atoms with Gasteiger partial charge in [-0.1, -0.05) is 11.8 Å². The van der Waals surface area contributed by atoms with Crippen LogP contribution in [0.25, 0.3) is 10.9 Å². The molecule has 1 aromatic heterocycles. The second kappa shape index (κ2) is 12.0. The molecule has 206 valence electrons. The summed E-state index contributed by atoms with van der Waals surface area (Å²) in [5.41, 5.74) is -0.787. The number of methoxy groups -OCH3 is 1. The number of carbonyl (C=O) groups is 1. The lowest BCUT2D eigenvalue weighted by Crippen LogP contribution is -2.41. The molecule has 0 aliphatic carbocycles. The van der Waals surface area contributed by atoms with Gasteiger partial charge in [0.1, 0.15) is 23.6 Å². The second-order valence-corrected chi connectivity index (χ2v) is 9.81. The Balaban J connectivity index is 1.44. The maximum atomic E-state index is 15.5. The van der Waals surface area contributed by atoms with Crippen LogP contribution in [0.4, 0.5) is 22.0 Å². The zero-order chi connectivity index (χ0) is 28.2. The molecule has 2 heterocycles. The molecule has 0 radical (unpaired) electrons. The van der Waals surface area contributed by atoms with E-state index in [2.05, 4.69) is 16.8 Å². The van der Waals surface area contributed by atoms with E-state index in [0.29, 0.717) is 48.6 Å². The van der Waals surface area contributed by atoms with Gasteiger partial charge in [0.2, 0.25) is 0 Å². The highest BCUT2D eigenvalue weighted by Gasteiger charge is 2.37. The molecule has 1 saturated heterocycles. The minimum Gasteiger partial charge on any atom is -0.497 e. The number of benzene rings is 2. The van der Waals surface area contributed by atoms with Crippen LogP contribution in [0.3, 0.4) is 0 Å². The van der Waals surface area contributed by atoms with E-state index in [4.69, 9.17) is 4.74 Å². The van der Waals surface area contributed by atoms with Gasteiger partial charge in [0.25, 0.3) is 0 Å². The van der Waals surface area contributed by atoms with Crippen molar-refractivity contribution in [2.45, 2.75) is 38.3 Å². The van der Waals surface area contributed by atoms with Crippen LogP contribution in [-0.2, 0) is 4.79 Å². The molecule has 10 heteroatoms. The number of halogens is 5. The number of piperidine rings is 1. The SMILES string of the molecule is COc1ccc2ncc(F)c(C(F)CCC3(CC(=O)O)CCN(CC#Cc4cc(F)cc(F)c4F)CC3)c2c1.